The number of hydrogen-bond donors (Lipinski definition) is 0. The van der Waals surface area contributed by atoms with Crippen LogP contribution in [0.1, 0.15) is 17.0 Å². The largest absolute Gasteiger partial charge is 0.207 e. The maximum atomic E-state index is 13.6. The summed E-state index contributed by atoms with van der Waals surface area (Å²) in [6, 6.07) is 11.4. The van der Waals surface area contributed by atoms with Gasteiger partial charge < -0.3 is 0 Å². The Bertz CT molecular complexity index is 555. The van der Waals surface area contributed by atoms with Crippen LogP contribution in [0.25, 0.3) is 0 Å². The summed E-state index contributed by atoms with van der Waals surface area (Å²) >= 11 is 9.34. The monoisotopic (exact) mass is 344 g/mol. The van der Waals surface area contributed by atoms with E-state index in [1.54, 1.807) is 0 Å². The molecule has 0 heterocycles. The van der Waals surface area contributed by atoms with Crippen molar-refractivity contribution in [3.63, 3.8) is 0 Å². The van der Waals surface area contributed by atoms with E-state index < -0.39 is 11.6 Å². The van der Waals surface area contributed by atoms with E-state index in [-0.39, 0.29) is 5.92 Å². The topological polar surface area (TPSA) is 0 Å². The van der Waals surface area contributed by atoms with Crippen LogP contribution in [0, 0.1) is 11.6 Å². The van der Waals surface area contributed by atoms with Gasteiger partial charge in [0.25, 0.3) is 0 Å². The average Bonchev–Trinajstić information content (AvgIpc) is 2.39. The third-order valence-corrected chi connectivity index (χ3v) is 3.91. The van der Waals surface area contributed by atoms with Crippen molar-refractivity contribution in [1.29, 1.82) is 0 Å². The molecule has 0 nitrogen and oxygen atoms in total. The molecule has 0 saturated heterocycles. The maximum absolute atomic E-state index is 13.6. The zero-order chi connectivity index (χ0) is 13.8. The number of rotatable bonds is 4. The normalized spacial score (nSPS) is 12.4. The molecular weight excluding hydrogens is 334 g/mol. The molecule has 2 aromatic carbocycles. The van der Waals surface area contributed by atoms with Gasteiger partial charge in [0.2, 0.25) is 0 Å². The van der Waals surface area contributed by atoms with Crippen molar-refractivity contribution in [3.05, 3.63) is 69.7 Å². The molecule has 0 aliphatic carbocycles. The molecule has 4 heteroatoms. The van der Waals surface area contributed by atoms with Gasteiger partial charge in [0.1, 0.15) is 11.6 Å². The van der Waals surface area contributed by atoms with Crippen molar-refractivity contribution in [2.45, 2.75) is 12.3 Å². The van der Waals surface area contributed by atoms with Crippen molar-refractivity contribution in [2.24, 2.45) is 0 Å². The van der Waals surface area contributed by atoms with E-state index in [9.17, 15) is 8.78 Å². The van der Waals surface area contributed by atoms with Crippen molar-refractivity contribution in [3.8, 4) is 0 Å². The highest BCUT2D eigenvalue weighted by atomic mass is 79.9. The first kappa shape index (κ1) is 14.5. The van der Waals surface area contributed by atoms with E-state index in [4.69, 9.17) is 11.6 Å². The third kappa shape index (κ3) is 3.77. The van der Waals surface area contributed by atoms with Gasteiger partial charge in [-0.05, 0) is 35.7 Å². The molecule has 2 rings (SSSR count). The first-order valence-electron chi connectivity index (χ1n) is 5.85. The minimum atomic E-state index is -0.563. The molecule has 2 aromatic rings. The van der Waals surface area contributed by atoms with Crippen LogP contribution >= 0.6 is 27.5 Å². The van der Waals surface area contributed by atoms with Crippen LogP contribution < -0.4 is 0 Å². The van der Waals surface area contributed by atoms with E-state index in [2.05, 4.69) is 15.9 Å². The van der Waals surface area contributed by atoms with Crippen LogP contribution in [0.5, 0.6) is 0 Å². The molecule has 19 heavy (non-hydrogen) atoms. The lowest BCUT2D eigenvalue weighted by Gasteiger charge is -2.15. The molecule has 0 amide bonds. The van der Waals surface area contributed by atoms with E-state index in [0.29, 0.717) is 17.9 Å². The molecule has 0 aliphatic rings. The number of hydrogen-bond acceptors (Lipinski definition) is 0. The molecule has 100 valence electrons. The van der Waals surface area contributed by atoms with Gasteiger partial charge in [0.15, 0.2) is 0 Å². The first-order valence-corrected chi connectivity index (χ1v) is 7.18. The minimum absolute atomic E-state index is 0.00901. The van der Waals surface area contributed by atoms with Gasteiger partial charge in [-0.2, -0.15) is 0 Å². The zero-order valence-corrected chi connectivity index (χ0v) is 12.4. The number of halogens is 4. The third-order valence-electron chi connectivity index (χ3n) is 3.01. The average molecular weight is 346 g/mol. The Balaban J connectivity index is 2.21. The summed E-state index contributed by atoms with van der Waals surface area (Å²) in [6.07, 6.45) is 0.456. The summed E-state index contributed by atoms with van der Waals surface area (Å²) in [7, 11) is 0. The van der Waals surface area contributed by atoms with Gasteiger partial charge in [-0.3, -0.25) is 0 Å². The molecule has 0 aromatic heterocycles. The highest BCUT2D eigenvalue weighted by Crippen LogP contribution is 2.25. The van der Waals surface area contributed by atoms with Crippen LogP contribution in [-0.4, -0.2) is 5.88 Å². The second kappa shape index (κ2) is 6.49. The van der Waals surface area contributed by atoms with E-state index in [1.165, 1.54) is 12.1 Å². The van der Waals surface area contributed by atoms with Crippen molar-refractivity contribution in [1.82, 2.24) is 0 Å². The van der Waals surface area contributed by atoms with Crippen molar-refractivity contribution >= 4 is 27.5 Å². The lowest BCUT2D eigenvalue weighted by molar-refractivity contribution is 0.566. The van der Waals surface area contributed by atoms with E-state index in [1.807, 2.05) is 24.3 Å². The van der Waals surface area contributed by atoms with Crippen molar-refractivity contribution in [2.75, 3.05) is 5.88 Å². The predicted octanol–water partition coefficient (Wildman–Crippen LogP) is 5.29. The Hall–Kier alpha value is -0.930. The van der Waals surface area contributed by atoms with Gasteiger partial charge in [-0.25, -0.2) is 8.78 Å². The van der Waals surface area contributed by atoms with Gasteiger partial charge >= 0.3 is 0 Å². The Morgan fingerprint density at radius 1 is 1.05 bits per heavy atom. The summed E-state index contributed by atoms with van der Waals surface area (Å²) in [4.78, 5) is 0. The zero-order valence-electron chi connectivity index (χ0n) is 10.0. The van der Waals surface area contributed by atoms with Crippen LogP contribution in [-0.2, 0) is 6.42 Å². The van der Waals surface area contributed by atoms with Gasteiger partial charge in [-0.1, -0.05) is 34.1 Å². The lowest BCUT2D eigenvalue weighted by atomic mass is 9.93. The van der Waals surface area contributed by atoms with Crippen LogP contribution in [0.4, 0.5) is 8.78 Å². The van der Waals surface area contributed by atoms with E-state index in [0.717, 1.165) is 16.1 Å². The number of alkyl halides is 1. The molecule has 1 unspecified atom stereocenters. The summed E-state index contributed by atoms with van der Waals surface area (Å²) in [5, 5.41) is 0. The van der Waals surface area contributed by atoms with Gasteiger partial charge in [0.05, 0.1) is 0 Å². The fraction of sp³-hybridized carbons (Fsp3) is 0.200. The van der Waals surface area contributed by atoms with Crippen molar-refractivity contribution < 1.29 is 8.78 Å². The molecule has 0 saturated carbocycles. The molecule has 1 atom stereocenters. The van der Waals surface area contributed by atoms with Gasteiger partial charge in [-0.15, -0.1) is 11.6 Å². The first-order chi connectivity index (χ1) is 9.10. The molecule has 0 fully saturated rings. The smallest absolute Gasteiger partial charge is 0.129 e. The second-order valence-electron chi connectivity index (χ2n) is 4.34. The Labute approximate surface area is 124 Å². The highest BCUT2D eigenvalue weighted by Gasteiger charge is 2.14. The molecular formula is C15H12BrClF2. The predicted molar refractivity (Wildman–Crippen MR) is 77.7 cm³/mol. The fourth-order valence-electron chi connectivity index (χ4n) is 1.95. The quantitative estimate of drug-likeness (QED) is 0.660. The summed E-state index contributed by atoms with van der Waals surface area (Å²) in [5.74, 6) is -0.687. The van der Waals surface area contributed by atoms with Crippen LogP contribution in [0.2, 0.25) is 0 Å². The van der Waals surface area contributed by atoms with E-state index >= 15 is 0 Å². The molecule has 0 aliphatic heterocycles. The van der Waals surface area contributed by atoms with Gasteiger partial charge in [0, 0.05) is 22.3 Å². The highest BCUT2D eigenvalue weighted by molar-refractivity contribution is 9.10. The SMILES string of the molecule is Fc1ccc(CC(CCl)c2ccc(Br)cc2)c(F)c1. The molecule has 0 spiro atoms. The Kier molecular flexibility index (Phi) is 4.94. The standard InChI is InChI=1S/C15H12BrClF2/c16-13-4-1-10(2-5-13)12(9-17)7-11-3-6-14(18)8-15(11)19/h1-6,8,12H,7,9H2. The fourth-order valence-corrected chi connectivity index (χ4v) is 2.50. The molecule has 0 radical (unpaired) electrons. The Morgan fingerprint density at radius 3 is 2.32 bits per heavy atom. The molecule has 0 bridgehead atoms. The van der Waals surface area contributed by atoms with Crippen LogP contribution in [0.15, 0.2) is 46.9 Å². The Morgan fingerprint density at radius 2 is 1.74 bits per heavy atom. The van der Waals surface area contributed by atoms with Crippen LogP contribution in [0.3, 0.4) is 0 Å². The maximum Gasteiger partial charge on any atom is 0.129 e. The summed E-state index contributed by atoms with van der Waals surface area (Å²) in [6.45, 7) is 0. The minimum Gasteiger partial charge on any atom is -0.207 e. The summed E-state index contributed by atoms with van der Waals surface area (Å²) in [5.41, 5.74) is 1.52. The second-order valence-corrected chi connectivity index (χ2v) is 5.57. The number of benzene rings is 2. The summed E-state index contributed by atoms with van der Waals surface area (Å²) < 4.78 is 27.5. The molecule has 0 N–H and O–H groups in total. The lowest BCUT2D eigenvalue weighted by Crippen LogP contribution is -2.06.